The second-order valence-corrected chi connectivity index (χ2v) is 3.41. The largest absolute Gasteiger partial charge is 0.390 e. The molecule has 0 spiro atoms. The standard InChI is InChI=1S/C8H11BrN2O2/c9-2-1-7(12)8(13)6-5-10-3-4-11-6/h3-5,7-8,12-13H,1-2H2. The first kappa shape index (κ1) is 10.6. The van der Waals surface area contributed by atoms with Crippen LogP contribution in [-0.4, -0.2) is 31.6 Å². The third-order valence-electron chi connectivity index (χ3n) is 1.66. The van der Waals surface area contributed by atoms with Crippen molar-refractivity contribution in [2.24, 2.45) is 0 Å². The summed E-state index contributed by atoms with van der Waals surface area (Å²) in [5.74, 6) is 0. The van der Waals surface area contributed by atoms with Crippen LogP contribution in [0.3, 0.4) is 0 Å². The lowest BCUT2D eigenvalue weighted by Gasteiger charge is -2.15. The molecular formula is C8H11BrN2O2. The van der Waals surface area contributed by atoms with Crippen molar-refractivity contribution in [3.63, 3.8) is 0 Å². The zero-order valence-electron chi connectivity index (χ0n) is 6.97. The molecule has 2 unspecified atom stereocenters. The van der Waals surface area contributed by atoms with Crippen LogP contribution in [0, 0.1) is 0 Å². The summed E-state index contributed by atoms with van der Waals surface area (Å²) < 4.78 is 0. The van der Waals surface area contributed by atoms with Gasteiger partial charge in [-0.25, -0.2) is 0 Å². The van der Waals surface area contributed by atoms with Gasteiger partial charge in [-0.3, -0.25) is 9.97 Å². The quantitative estimate of drug-likeness (QED) is 0.767. The molecule has 0 aliphatic rings. The SMILES string of the molecule is OC(CCBr)C(O)c1cnccn1. The van der Waals surface area contributed by atoms with Crippen LogP contribution in [0.1, 0.15) is 18.2 Å². The molecule has 4 nitrogen and oxygen atoms in total. The van der Waals surface area contributed by atoms with E-state index in [2.05, 4.69) is 25.9 Å². The molecule has 0 aliphatic carbocycles. The fourth-order valence-electron chi connectivity index (χ4n) is 0.930. The number of aromatic nitrogens is 2. The summed E-state index contributed by atoms with van der Waals surface area (Å²) in [5.41, 5.74) is 0.399. The van der Waals surface area contributed by atoms with Crippen molar-refractivity contribution in [3.05, 3.63) is 24.3 Å². The van der Waals surface area contributed by atoms with Gasteiger partial charge >= 0.3 is 0 Å². The van der Waals surface area contributed by atoms with Gasteiger partial charge in [0.15, 0.2) is 0 Å². The van der Waals surface area contributed by atoms with Gasteiger partial charge in [0.2, 0.25) is 0 Å². The Morgan fingerprint density at radius 3 is 2.69 bits per heavy atom. The summed E-state index contributed by atoms with van der Waals surface area (Å²) in [5, 5.41) is 19.6. The fourth-order valence-corrected chi connectivity index (χ4v) is 1.40. The molecule has 0 aromatic carbocycles. The van der Waals surface area contributed by atoms with Crippen LogP contribution < -0.4 is 0 Å². The highest BCUT2D eigenvalue weighted by Crippen LogP contribution is 2.15. The Morgan fingerprint density at radius 1 is 1.38 bits per heavy atom. The Labute approximate surface area is 84.8 Å². The van der Waals surface area contributed by atoms with Crippen LogP contribution in [0.2, 0.25) is 0 Å². The molecule has 1 rings (SSSR count). The number of alkyl halides is 1. The lowest BCUT2D eigenvalue weighted by molar-refractivity contribution is 0.0146. The fraction of sp³-hybridized carbons (Fsp3) is 0.500. The first-order valence-corrected chi connectivity index (χ1v) is 5.06. The summed E-state index contributed by atoms with van der Waals surface area (Å²) in [6, 6.07) is 0. The molecule has 0 radical (unpaired) electrons. The number of rotatable bonds is 4. The minimum absolute atomic E-state index is 0.399. The molecule has 0 saturated heterocycles. The maximum absolute atomic E-state index is 9.55. The number of hydrogen-bond acceptors (Lipinski definition) is 4. The number of nitrogens with zero attached hydrogens (tertiary/aromatic N) is 2. The Bertz CT molecular complexity index is 245. The molecule has 1 aromatic heterocycles. The predicted octanol–water partition coefficient (Wildman–Crippen LogP) is 0.656. The normalized spacial score (nSPS) is 15.3. The van der Waals surface area contributed by atoms with Crippen molar-refractivity contribution in [2.45, 2.75) is 18.6 Å². The zero-order chi connectivity index (χ0) is 9.68. The Kier molecular flexibility index (Phi) is 4.27. The average Bonchev–Trinajstić information content (AvgIpc) is 2.18. The van der Waals surface area contributed by atoms with E-state index < -0.39 is 12.2 Å². The average molecular weight is 247 g/mol. The molecule has 2 N–H and O–H groups in total. The topological polar surface area (TPSA) is 66.2 Å². The number of halogens is 1. The van der Waals surface area contributed by atoms with E-state index in [1.807, 2.05) is 0 Å². The molecule has 1 aromatic rings. The van der Waals surface area contributed by atoms with Crippen molar-refractivity contribution in [3.8, 4) is 0 Å². The van der Waals surface area contributed by atoms with Gasteiger partial charge in [0.1, 0.15) is 6.10 Å². The molecule has 0 saturated carbocycles. The first-order valence-electron chi connectivity index (χ1n) is 3.93. The molecule has 2 atom stereocenters. The lowest BCUT2D eigenvalue weighted by Crippen LogP contribution is -2.19. The van der Waals surface area contributed by atoms with Gasteiger partial charge in [0.05, 0.1) is 18.0 Å². The summed E-state index contributed by atoms with van der Waals surface area (Å²) >= 11 is 3.18. The molecular weight excluding hydrogens is 236 g/mol. The van der Waals surface area contributed by atoms with Crippen molar-refractivity contribution in [2.75, 3.05) is 5.33 Å². The van der Waals surface area contributed by atoms with Gasteiger partial charge in [-0.1, -0.05) is 15.9 Å². The summed E-state index contributed by atoms with van der Waals surface area (Å²) in [6.45, 7) is 0. The molecule has 5 heteroatoms. The first-order chi connectivity index (χ1) is 6.25. The van der Waals surface area contributed by atoms with E-state index in [0.717, 1.165) is 0 Å². The summed E-state index contributed by atoms with van der Waals surface area (Å²) in [4.78, 5) is 7.70. The summed E-state index contributed by atoms with van der Waals surface area (Å²) in [7, 11) is 0. The Morgan fingerprint density at radius 2 is 2.15 bits per heavy atom. The van der Waals surface area contributed by atoms with E-state index in [4.69, 9.17) is 0 Å². The Hall–Kier alpha value is -0.520. The molecule has 0 aliphatic heterocycles. The van der Waals surface area contributed by atoms with Crippen LogP contribution in [0.25, 0.3) is 0 Å². The molecule has 0 amide bonds. The lowest BCUT2D eigenvalue weighted by atomic mass is 10.1. The zero-order valence-corrected chi connectivity index (χ0v) is 8.55. The second-order valence-electron chi connectivity index (χ2n) is 2.62. The molecule has 0 bridgehead atoms. The van der Waals surface area contributed by atoms with Crippen LogP contribution in [0.4, 0.5) is 0 Å². The predicted molar refractivity (Wildman–Crippen MR) is 51.4 cm³/mol. The van der Waals surface area contributed by atoms with Gasteiger partial charge in [-0.05, 0) is 6.42 Å². The van der Waals surface area contributed by atoms with Gasteiger partial charge in [-0.2, -0.15) is 0 Å². The highest BCUT2D eigenvalue weighted by Gasteiger charge is 2.18. The monoisotopic (exact) mass is 246 g/mol. The van der Waals surface area contributed by atoms with Crippen molar-refractivity contribution < 1.29 is 10.2 Å². The third kappa shape index (κ3) is 3.02. The van der Waals surface area contributed by atoms with Crippen LogP contribution in [0.5, 0.6) is 0 Å². The van der Waals surface area contributed by atoms with E-state index in [9.17, 15) is 10.2 Å². The summed E-state index contributed by atoms with van der Waals surface area (Å²) in [6.07, 6.45) is 3.19. The van der Waals surface area contributed by atoms with Crippen molar-refractivity contribution in [1.82, 2.24) is 9.97 Å². The molecule has 13 heavy (non-hydrogen) atoms. The number of aliphatic hydroxyl groups is 2. The molecule has 1 heterocycles. The minimum atomic E-state index is -0.953. The van der Waals surface area contributed by atoms with Crippen LogP contribution >= 0.6 is 15.9 Å². The van der Waals surface area contributed by atoms with E-state index >= 15 is 0 Å². The van der Waals surface area contributed by atoms with Gasteiger partial charge in [0, 0.05) is 17.7 Å². The number of hydrogen-bond donors (Lipinski definition) is 2. The van der Waals surface area contributed by atoms with Gasteiger partial charge in [0.25, 0.3) is 0 Å². The molecule has 0 fully saturated rings. The van der Waals surface area contributed by atoms with E-state index in [1.165, 1.54) is 18.6 Å². The van der Waals surface area contributed by atoms with E-state index in [1.54, 1.807) is 0 Å². The minimum Gasteiger partial charge on any atom is -0.390 e. The Balaban J connectivity index is 2.62. The van der Waals surface area contributed by atoms with Crippen LogP contribution in [0.15, 0.2) is 18.6 Å². The van der Waals surface area contributed by atoms with Gasteiger partial charge in [-0.15, -0.1) is 0 Å². The van der Waals surface area contributed by atoms with Crippen LogP contribution in [-0.2, 0) is 0 Å². The molecule has 72 valence electrons. The maximum atomic E-state index is 9.55. The maximum Gasteiger partial charge on any atom is 0.123 e. The van der Waals surface area contributed by atoms with E-state index in [-0.39, 0.29) is 0 Å². The highest BCUT2D eigenvalue weighted by atomic mass is 79.9. The number of aliphatic hydroxyl groups excluding tert-OH is 2. The smallest absolute Gasteiger partial charge is 0.123 e. The van der Waals surface area contributed by atoms with Crippen molar-refractivity contribution >= 4 is 15.9 Å². The third-order valence-corrected chi connectivity index (χ3v) is 2.11. The van der Waals surface area contributed by atoms with Crippen molar-refractivity contribution in [1.29, 1.82) is 0 Å². The van der Waals surface area contributed by atoms with Gasteiger partial charge < -0.3 is 10.2 Å². The second kappa shape index (κ2) is 5.26. The highest BCUT2D eigenvalue weighted by molar-refractivity contribution is 9.09. The van der Waals surface area contributed by atoms with E-state index in [0.29, 0.717) is 17.4 Å².